The number of hydrogen-bond acceptors (Lipinski definition) is 3. The number of aliphatic carboxylic acids is 1. The van der Waals surface area contributed by atoms with Gasteiger partial charge in [0.25, 0.3) is 0 Å². The van der Waals surface area contributed by atoms with Crippen molar-refractivity contribution in [1.82, 2.24) is 5.32 Å². The summed E-state index contributed by atoms with van der Waals surface area (Å²) in [6.45, 7) is 0.456. The molecule has 0 bridgehead atoms. The van der Waals surface area contributed by atoms with E-state index in [-0.39, 0.29) is 24.7 Å². The average Bonchev–Trinajstić information content (AvgIpc) is 3.03. The summed E-state index contributed by atoms with van der Waals surface area (Å²) < 4.78 is 1.19. The largest absolute Gasteiger partial charge is 0.481 e. The number of benzene rings is 2. The zero-order valence-corrected chi connectivity index (χ0v) is 14.5. The second-order valence-corrected chi connectivity index (χ2v) is 6.85. The van der Waals surface area contributed by atoms with Gasteiger partial charge in [0.1, 0.15) is 0 Å². The van der Waals surface area contributed by atoms with Gasteiger partial charge in [-0.15, -0.1) is 11.3 Å². The van der Waals surface area contributed by atoms with E-state index in [1.54, 1.807) is 11.3 Å². The lowest BCUT2D eigenvalue weighted by molar-refractivity contribution is -0.137. The molecule has 25 heavy (non-hydrogen) atoms. The summed E-state index contributed by atoms with van der Waals surface area (Å²) in [5.41, 5.74) is 1.96. The van der Waals surface area contributed by atoms with Gasteiger partial charge in [-0.2, -0.15) is 0 Å². The molecule has 4 nitrogen and oxygen atoms in total. The number of carbonyl (C=O) groups is 2. The Morgan fingerprint density at radius 3 is 2.48 bits per heavy atom. The number of amides is 1. The molecule has 0 aliphatic rings. The molecule has 2 N–H and O–H groups in total. The fourth-order valence-corrected chi connectivity index (χ4v) is 3.87. The van der Waals surface area contributed by atoms with Gasteiger partial charge in [0.15, 0.2) is 0 Å². The van der Waals surface area contributed by atoms with Crippen LogP contribution < -0.4 is 5.32 Å². The van der Waals surface area contributed by atoms with E-state index in [0.717, 1.165) is 16.5 Å². The highest BCUT2D eigenvalue weighted by molar-refractivity contribution is 7.17. The third-order valence-electron chi connectivity index (χ3n) is 4.16. The third kappa shape index (κ3) is 4.45. The Hall–Kier alpha value is -2.66. The van der Waals surface area contributed by atoms with Crippen LogP contribution in [-0.4, -0.2) is 17.0 Å². The molecule has 0 saturated heterocycles. The SMILES string of the molecule is O=C(O)CC(CC(=O)NCc1csc2ccccc12)c1ccccc1. The maximum absolute atomic E-state index is 12.3. The van der Waals surface area contributed by atoms with E-state index in [1.165, 1.54) is 4.70 Å². The van der Waals surface area contributed by atoms with Crippen molar-refractivity contribution in [1.29, 1.82) is 0 Å². The van der Waals surface area contributed by atoms with Gasteiger partial charge in [-0.3, -0.25) is 9.59 Å². The van der Waals surface area contributed by atoms with Crippen LogP contribution in [0.3, 0.4) is 0 Å². The first-order valence-electron chi connectivity index (χ1n) is 8.12. The van der Waals surface area contributed by atoms with Crippen molar-refractivity contribution in [2.24, 2.45) is 0 Å². The van der Waals surface area contributed by atoms with Crippen LogP contribution in [0.5, 0.6) is 0 Å². The number of rotatable bonds is 7. The van der Waals surface area contributed by atoms with E-state index in [0.29, 0.717) is 6.54 Å². The molecule has 0 spiro atoms. The first kappa shape index (κ1) is 17.2. The summed E-state index contributed by atoms with van der Waals surface area (Å²) >= 11 is 1.66. The van der Waals surface area contributed by atoms with E-state index in [2.05, 4.69) is 16.8 Å². The van der Waals surface area contributed by atoms with Crippen LogP contribution in [0, 0.1) is 0 Å². The molecule has 3 aromatic rings. The second kappa shape index (κ2) is 7.94. The molecule has 1 atom stereocenters. The molecule has 5 heteroatoms. The molecule has 0 aliphatic heterocycles. The maximum atomic E-state index is 12.3. The molecule has 0 saturated carbocycles. The molecular weight excluding hydrogens is 334 g/mol. The predicted octanol–water partition coefficient (Wildman–Crippen LogP) is 4.17. The van der Waals surface area contributed by atoms with E-state index >= 15 is 0 Å². The second-order valence-electron chi connectivity index (χ2n) is 5.94. The average molecular weight is 353 g/mol. The predicted molar refractivity (Wildman–Crippen MR) is 99.7 cm³/mol. The molecule has 1 aromatic heterocycles. The van der Waals surface area contributed by atoms with Gasteiger partial charge in [0.2, 0.25) is 5.91 Å². The molecule has 0 aliphatic carbocycles. The van der Waals surface area contributed by atoms with E-state index in [4.69, 9.17) is 5.11 Å². The lowest BCUT2D eigenvalue weighted by Gasteiger charge is -2.15. The number of hydrogen-bond donors (Lipinski definition) is 2. The quantitative estimate of drug-likeness (QED) is 0.670. The van der Waals surface area contributed by atoms with Gasteiger partial charge in [-0.25, -0.2) is 0 Å². The first-order valence-corrected chi connectivity index (χ1v) is 9.00. The first-order chi connectivity index (χ1) is 12.1. The Morgan fingerprint density at radius 1 is 1.00 bits per heavy atom. The van der Waals surface area contributed by atoms with Crippen molar-refractivity contribution < 1.29 is 14.7 Å². The van der Waals surface area contributed by atoms with Gasteiger partial charge in [0, 0.05) is 23.6 Å². The molecule has 1 amide bonds. The number of thiophene rings is 1. The van der Waals surface area contributed by atoms with Crippen LogP contribution in [0.2, 0.25) is 0 Å². The molecule has 2 aromatic carbocycles. The molecule has 1 heterocycles. The minimum atomic E-state index is -0.898. The Morgan fingerprint density at radius 2 is 1.72 bits per heavy atom. The lowest BCUT2D eigenvalue weighted by Crippen LogP contribution is -2.25. The minimum Gasteiger partial charge on any atom is -0.481 e. The smallest absolute Gasteiger partial charge is 0.303 e. The third-order valence-corrected chi connectivity index (χ3v) is 5.17. The fraction of sp³-hybridized carbons (Fsp3) is 0.200. The van der Waals surface area contributed by atoms with Crippen LogP contribution in [0.4, 0.5) is 0 Å². The highest BCUT2D eigenvalue weighted by Gasteiger charge is 2.19. The van der Waals surface area contributed by atoms with Crippen molar-refractivity contribution in [2.75, 3.05) is 0 Å². The molecular formula is C20H19NO3S. The van der Waals surface area contributed by atoms with Crippen molar-refractivity contribution in [3.05, 3.63) is 71.1 Å². The Bertz CT molecular complexity index is 873. The number of nitrogens with one attached hydrogen (secondary N) is 1. The van der Waals surface area contributed by atoms with Crippen LogP contribution in [0.1, 0.15) is 29.9 Å². The van der Waals surface area contributed by atoms with Crippen molar-refractivity contribution in [3.8, 4) is 0 Å². The molecule has 1 unspecified atom stereocenters. The van der Waals surface area contributed by atoms with Gasteiger partial charge < -0.3 is 10.4 Å². The van der Waals surface area contributed by atoms with Crippen molar-refractivity contribution in [2.45, 2.75) is 25.3 Å². The standard InChI is InChI=1S/C20H19NO3S/c22-19(10-15(11-20(23)24)14-6-2-1-3-7-14)21-12-16-13-25-18-9-5-4-8-17(16)18/h1-9,13,15H,10-12H2,(H,21,22)(H,23,24). The van der Waals surface area contributed by atoms with E-state index in [1.807, 2.05) is 48.5 Å². The van der Waals surface area contributed by atoms with E-state index < -0.39 is 5.97 Å². The normalized spacial score (nSPS) is 12.0. The van der Waals surface area contributed by atoms with Gasteiger partial charge in [-0.05, 0) is 28.0 Å². The summed E-state index contributed by atoms with van der Waals surface area (Å²) in [7, 11) is 0. The summed E-state index contributed by atoms with van der Waals surface area (Å²) in [5.74, 6) is -1.35. The lowest BCUT2D eigenvalue weighted by atomic mass is 9.92. The van der Waals surface area contributed by atoms with Gasteiger partial charge >= 0.3 is 5.97 Å². The summed E-state index contributed by atoms with van der Waals surface area (Å²) in [5, 5.41) is 15.3. The number of carboxylic acids is 1. The molecule has 3 rings (SSSR count). The van der Waals surface area contributed by atoms with Crippen molar-refractivity contribution in [3.63, 3.8) is 0 Å². The number of fused-ring (bicyclic) bond motifs is 1. The molecule has 0 radical (unpaired) electrons. The highest BCUT2D eigenvalue weighted by Crippen LogP contribution is 2.26. The van der Waals surface area contributed by atoms with Crippen molar-refractivity contribution >= 4 is 33.3 Å². The Kier molecular flexibility index (Phi) is 5.46. The Balaban J connectivity index is 1.64. The van der Waals surface area contributed by atoms with Crippen LogP contribution in [-0.2, 0) is 16.1 Å². The maximum Gasteiger partial charge on any atom is 0.303 e. The Labute approximate surface area is 150 Å². The summed E-state index contributed by atoms with van der Waals surface area (Å²) in [6.07, 6.45) is 0.108. The molecule has 128 valence electrons. The highest BCUT2D eigenvalue weighted by atomic mass is 32.1. The zero-order valence-electron chi connectivity index (χ0n) is 13.6. The van der Waals surface area contributed by atoms with Gasteiger partial charge in [0.05, 0.1) is 6.42 Å². The van der Waals surface area contributed by atoms with Crippen LogP contribution >= 0.6 is 11.3 Å². The molecule has 0 fully saturated rings. The van der Waals surface area contributed by atoms with Crippen LogP contribution in [0.25, 0.3) is 10.1 Å². The monoisotopic (exact) mass is 353 g/mol. The fourth-order valence-electron chi connectivity index (χ4n) is 2.90. The summed E-state index contributed by atoms with van der Waals surface area (Å²) in [6, 6.07) is 17.4. The van der Waals surface area contributed by atoms with Gasteiger partial charge in [-0.1, -0.05) is 48.5 Å². The van der Waals surface area contributed by atoms with Crippen LogP contribution in [0.15, 0.2) is 60.0 Å². The minimum absolute atomic E-state index is 0.0567. The number of carbonyl (C=O) groups excluding carboxylic acids is 1. The zero-order chi connectivity index (χ0) is 17.6. The van der Waals surface area contributed by atoms with E-state index in [9.17, 15) is 9.59 Å². The summed E-state index contributed by atoms with van der Waals surface area (Å²) in [4.78, 5) is 23.5. The number of carboxylic acid groups (broad SMARTS) is 1. The topological polar surface area (TPSA) is 66.4 Å².